The van der Waals surface area contributed by atoms with Gasteiger partial charge in [0.05, 0.1) is 34.1 Å². The summed E-state index contributed by atoms with van der Waals surface area (Å²) >= 11 is 0. The highest BCUT2D eigenvalue weighted by Gasteiger charge is 2.08. The number of hydrogen-bond acceptors (Lipinski definition) is 8. The van der Waals surface area contributed by atoms with E-state index in [1.807, 2.05) is 0 Å². The lowest BCUT2D eigenvalue weighted by Crippen LogP contribution is -1.86. The van der Waals surface area contributed by atoms with Crippen LogP contribution in [0, 0.1) is 20.2 Å². The first-order valence-electron chi connectivity index (χ1n) is 5.54. The van der Waals surface area contributed by atoms with E-state index in [9.17, 15) is 20.2 Å². The van der Waals surface area contributed by atoms with Gasteiger partial charge < -0.3 is 20.4 Å². The highest BCUT2D eigenvalue weighted by Crippen LogP contribution is 2.25. The largest absolute Gasteiger partial charge is 0.508 e. The molecule has 0 bridgehead atoms. The molecule has 10 nitrogen and oxygen atoms in total. The molecule has 0 radical (unpaired) electrons. The van der Waals surface area contributed by atoms with Crippen LogP contribution in [-0.2, 0) is 0 Å². The van der Waals surface area contributed by atoms with Gasteiger partial charge in [0.15, 0.2) is 0 Å². The van der Waals surface area contributed by atoms with Crippen molar-refractivity contribution >= 4 is 11.4 Å². The molecule has 0 aromatic heterocycles. The van der Waals surface area contributed by atoms with E-state index in [4.69, 9.17) is 20.4 Å². The van der Waals surface area contributed by atoms with Crippen LogP contribution in [0.1, 0.15) is 0 Å². The number of hydrogen-bond donors (Lipinski definition) is 4. The second-order valence-corrected chi connectivity index (χ2v) is 3.93. The Morgan fingerprint density at radius 1 is 0.591 bits per heavy atom. The molecule has 0 aliphatic carbocycles. The number of nitrogens with zero attached hydrogens (tertiary/aromatic N) is 2. The molecule has 22 heavy (non-hydrogen) atoms. The van der Waals surface area contributed by atoms with Crippen LogP contribution in [0.15, 0.2) is 36.4 Å². The van der Waals surface area contributed by atoms with Crippen LogP contribution in [0.3, 0.4) is 0 Å². The summed E-state index contributed by atoms with van der Waals surface area (Å²) in [5, 5.41) is 55.3. The summed E-state index contributed by atoms with van der Waals surface area (Å²) in [6, 6.07) is 5.87. The van der Waals surface area contributed by atoms with Gasteiger partial charge in [0.2, 0.25) is 0 Å². The molecular weight excluding hydrogens is 300 g/mol. The smallest absolute Gasteiger partial charge is 0.276 e. The highest BCUT2D eigenvalue weighted by atomic mass is 16.6. The highest BCUT2D eigenvalue weighted by molar-refractivity contribution is 5.45. The Labute approximate surface area is 122 Å². The number of phenols is 4. The van der Waals surface area contributed by atoms with Crippen LogP contribution >= 0.6 is 0 Å². The third-order valence-electron chi connectivity index (χ3n) is 2.20. The average Bonchev–Trinajstić information content (AvgIpc) is 2.37. The molecule has 0 aliphatic rings. The van der Waals surface area contributed by atoms with Crippen LogP contribution in [-0.4, -0.2) is 30.3 Å². The summed E-state index contributed by atoms with van der Waals surface area (Å²) in [5.41, 5.74) is -0.662. The quantitative estimate of drug-likeness (QED) is 0.482. The molecule has 2 rings (SSSR count). The van der Waals surface area contributed by atoms with Crippen molar-refractivity contribution in [3.8, 4) is 23.0 Å². The first kappa shape index (κ1) is 16.5. The molecule has 0 saturated carbocycles. The van der Waals surface area contributed by atoms with Crippen LogP contribution in [0.2, 0.25) is 0 Å². The maximum Gasteiger partial charge on any atom is 0.276 e. The first-order valence-corrected chi connectivity index (χ1v) is 5.54. The molecule has 0 heterocycles. The van der Waals surface area contributed by atoms with Gasteiger partial charge in [0, 0.05) is 12.1 Å². The van der Waals surface area contributed by atoms with E-state index in [1.54, 1.807) is 0 Å². The fraction of sp³-hybridized carbons (Fsp3) is 0. The molecule has 0 amide bonds. The summed E-state index contributed by atoms with van der Waals surface area (Å²) in [5.74, 6) is -1.29. The van der Waals surface area contributed by atoms with Crippen molar-refractivity contribution in [1.82, 2.24) is 0 Å². The Kier molecular flexibility index (Phi) is 5.06. The van der Waals surface area contributed by atoms with E-state index >= 15 is 0 Å². The topological polar surface area (TPSA) is 167 Å². The van der Waals surface area contributed by atoms with E-state index in [-0.39, 0.29) is 34.4 Å². The Balaban J connectivity index is 0.000000220. The summed E-state index contributed by atoms with van der Waals surface area (Å²) in [6.45, 7) is 0. The van der Waals surface area contributed by atoms with Gasteiger partial charge in [-0.25, -0.2) is 0 Å². The molecule has 2 aromatic carbocycles. The Hall–Kier alpha value is -3.56. The monoisotopic (exact) mass is 310 g/mol. The minimum atomic E-state index is -0.695. The second-order valence-electron chi connectivity index (χ2n) is 3.93. The molecule has 116 valence electrons. The van der Waals surface area contributed by atoms with Gasteiger partial charge in [0.25, 0.3) is 11.4 Å². The molecule has 4 N–H and O–H groups in total. The molecule has 0 fully saturated rings. The van der Waals surface area contributed by atoms with E-state index in [0.29, 0.717) is 0 Å². The van der Waals surface area contributed by atoms with Gasteiger partial charge in [-0.3, -0.25) is 20.2 Å². The first-order chi connectivity index (χ1) is 10.2. The summed E-state index contributed by atoms with van der Waals surface area (Å²) in [6.07, 6.45) is 0. The van der Waals surface area contributed by atoms with Gasteiger partial charge in [-0.05, 0) is 0 Å². The number of rotatable bonds is 2. The van der Waals surface area contributed by atoms with Crippen molar-refractivity contribution in [2.24, 2.45) is 0 Å². The van der Waals surface area contributed by atoms with Gasteiger partial charge >= 0.3 is 0 Å². The number of nitro benzene ring substituents is 2. The van der Waals surface area contributed by atoms with Crippen LogP contribution < -0.4 is 0 Å². The molecule has 0 spiro atoms. The normalized spacial score (nSPS) is 9.45. The van der Waals surface area contributed by atoms with E-state index in [1.165, 1.54) is 0 Å². The predicted molar refractivity (Wildman–Crippen MR) is 72.9 cm³/mol. The molecule has 2 aromatic rings. The fourth-order valence-electron chi connectivity index (χ4n) is 1.37. The molecule has 0 saturated heterocycles. The number of phenolic OH excluding ortho intramolecular Hbond substituents is 4. The number of nitro groups is 2. The van der Waals surface area contributed by atoms with Crippen molar-refractivity contribution in [2.75, 3.05) is 0 Å². The Morgan fingerprint density at radius 2 is 0.818 bits per heavy atom. The minimum absolute atomic E-state index is 0.322. The Morgan fingerprint density at radius 3 is 1.00 bits per heavy atom. The van der Waals surface area contributed by atoms with Gasteiger partial charge in [-0.15, -0.1) is 0 Å². The lowest BCUT2D eigenvalue weighted by molar-refractivity contribution is -0.385. The maximum absolute atomic E-state index is 10.1. The van der Waals surface area contributed by atoms with Crippen molar-refractivity contribution < 1.29 is 30.3 Å². The molecule has 0 aliphatic heterocycles. The molecule has 0 unspecified atom stereocenters. The molecule has 0 atom stereocenters. The van der Waals surface area contributed by atoms with Gasteiger partial charge in [-0.2, -0.15) is 0 Å². The van der Waals surface area contributed by atoms with Crippen molar-refractivity contribution in [3.05, 3.63) is 56.6 Å². The van der Waals surface area contributed by atoms with Crippen molar-refractivity contribution in [1.29, 1.82) is 0 Å². The zero-order valence-corrected chi connectivity index (χ0v) is 10.8. The van der Waals surface area contributed by atoms with Crippen molar-refractivity contribution in [2.45, 2.75) is 0 Å². The van der Waals surface area contributed by atoms with E-state index < -0.39 is 9.85 Å². The second kappa shape index (κ2) is 6.74. The summed E-state index contributed by atoms with van der Waals surface area (Å²) in [7, 11) is 0. The zero-order valence-electron chi connectivity index (χ0n) is 10.8. The van der Waals surface area contributed by atoms with Gasteiger partial charge in [-0.1, -0.05) is 0 Å². The molecule has 10 heteroatoms. The predicted octanol–water partition coefficient (Wildman–Crippen LogP) is 2.01. The van der Waals surface area contributed by atoms with Crippen molar-refractivity contribution in [3.63, 3.8) is 0 Å². The van der Waals surface area contributed by atoms with Crippen LogP contribution in [0.5, 0.6) is 23.0 Å². The summed E-state index contributed by atoms with van der Waals surface area (Å²) in [4.78, 5) is 18.8. The van der Waals surface area contributed by atoms with E-state index in [2.05, 4.69) is 0 Å². The standard InChI is InChI=1S/2C6H5NO4/c2*8-5-1-4(7(10)11)2-6(9)3-5/h2*1-3,8-9H. The van der Waals surface area contributed by atoms with E-state index in [0.717, 1.165) is 36.4 Å². The SMILES string of the molecule is O=[N+]([O-])c1cc(O)cc(O)c1.O=[N+]([O-])c1cc(O)cc(O)c1. The minimum Gasteiger partial charge on any atom is -0.508 e. The maximum atomic E-state index is 10.1. The number of benzene rings is 2. The van der Waals surface area contributed by atoms with Gasteiger partial charge in [0.1, 0.15) is 23.0 Å². The fourth-order valence-corrected chi connectivity index (χ4v) is 1.37. The van der Waals surface area contributed by atoms with Crippen LogP contribution in [0.4, 0.5) is 11.4 Å². The third kappa shape index (κ3) is 4.85. The molecular formula is C12H10N2O8. The third-order valence-corrected chi connectivity index (χ3v) is 2.20. The average molecular weight is 310 g/mol. The number of non-ortho nitro benzene ring substituents is 2. The lowest BCUT2D eigenvalue weighted by atomic mass is 10.3. The summed E-state index contributed by atoms with van der Waals surface area (Å²) < 4.78 is 0. The lowest BCUT2D eigenvalue weighted by Gasteiger charge is -1.94. The Bertz CT molecular complexity index is 614. The zero-order chi connectivity index (χ0) is 16.9. The number of aromatic hydroxyl groups is 4. The van der Waals surface area contributed by atoms with Crippen LogP contribution in [0.25, 0.3) is 0 Å².